The van der Waals surface area contributed by atoms with Crippen molar-refractivity contribution in [3.63, 3.8) is 0 Å². The number of hydrazone groups is 1. The molecule has 0 aliphatic rings. The maximum Gasteiger partial charge on any atom is 0.259 e. The first-order valence-electron chi connectivity index (χ1n) is 6.77. The van der Waals surface area contributed by atoms with Gasteiger partial charge in [-0.3, -0.25) is 9.59 Å². The largest absolute Gasteiger partial charge is 0.343 e. The number of rotatable bonds is 5. The summed E-state index contributed by atoms with van der Waals surface area (Å²) in [6.45, 7) is -0.215. The van der Waals surface area contributed by atoms with Crippen LogP contribution in [0.25, 0.3) is 0 Å². The van der Waals surface area contributed by atoms with Crippen LogP contribution in [0.15, 0.2) is 52.0 Å². The second-order valence-corrected chi connectivity index (χ2v) is 6.26. The molecule has 2 N–H and O–H groups in total. The maximum absolute atomic E-state index is 12.0. The molecular formula is C16H12BrCl2N3O2. The highest BCUT2D eigenvalue weighted by Crippen LogP contribution is 2.22. The van der Waals surface area contributed by atoms with Crippen LogP contribution in [0.4, 0.5) is 0 Å². The van der Waals surface area contributed by atoms with Crippen molar-refractivity contribution >= 4 is 57.2 Å². The fourth-order valence-electron chi connectivity index (χ4n) is 1.74. The lowest BCUT2D eigenvalue weighted by Gasteiger charge is -2.06. The smallest absolute Gasteiger partial charge is 0.259 e. The van der Waals surface area contributed by atoms with Crippen LogP contribution >= 0.6 is 39.1 Å². The van der Waals surface area contributed by atoms with E-state index in [-0.39, 0.29) is 12.5 Å². The van der Waals surface area contributed by atoms with Gasteiger partial charge in [0, 0.05) is 10.0 Å². The van der Waals surface area contributed by atoms with Crippen molar-refractivity contribution in [1.82, 2.24) is 10.7 Å². The van der Waals surface area contributed by atoms with E-state index in [9.17, 15) is 9.59 Å². The van der Waals surface area contributed by atoms with Gasteiger partial charge in [0.05, 0.1) is 28.4 Å². The van der Waals surface area contributed by atoms with Gasteiger partial charge < -0.3 is 5.32 Å². The van der Waals surface area contributed by atoms with Gasteiger partial charge in [0.15, 0.2) is 0 Å². The zero-order valence-corrected chi connectivity index (χ0v) is 15.3. The molecule has 0 aliphatic carbocycles. The first-order valence-corrected chi connectivity index (χ1v) is 8.32. The number of benzene rings is 2. The number of nitrogens with zero attached hydrogens (tertiary/aromatic N) is 1. The lowest BCUT2D eigenvalue weighted by molar-refractivity contribution is -0.120. The van der Waals surface area contributed by atoms with E-state index in [1.54, 1.807) is 42.5 Å². The predicted molar refractivity (Wildman–Crippen MR) is 98.7 cm³/mol. The highest BCUT2D eigenvalue weighted by Gasteiger charge is 2.10. The first-order chi connectivity index (χ1) is 11.5. The number of nitrogens with one attached hydrogen (secondary N) is 2. The monoisotopic (exact) mass is 427 g/mol. The summed E-state index contributed by atoms with van der Waals surface area (Å²) in [5, 5.41) is 7.12. The number of hydrogen-bond acceptors (Lipinski definition) is 3. The second kappa shape index (κ2) is 8.82. The quantitative estimate of drug-likeness (QED) is 0.563. The fraction of sp³-hybridized carbons (Fsp3) is 0.0625. The van der Waals surface area contributed by atoms with E-state index in [2.05, 4.69) is 31.8 Å². The van der Waals surface area contributed by atoms with Crippen molar-refractivity contribution in [3.05, 3.63) is 68.1 Å². The minimum Gasteiger partial charge on any atom is -0.343 e. The molecule has 0 heterocycles. The predicted octanol–water partition coefficient (Wildman–Crippen LogP) is 3.64. The van der Waals surface area contributed by atoms with Gasteiger partial charge in [-0.25, -0.2) is 5.43 Å². The topological polar surface area (TPSA) is 70.6 Å². The van der Waals surface area contributed by atoms with Gasteiger partial charge in [-0.1, -0.05) is 41.4 Å². The average molecular weight is 429 g/mol. The van der Waals surface area contributed by atoms with Crippen molar-refractivity contribution < 1.29 is 9.59 Å². The molecule has 8 heteroatoms. The van der Waals surface area contributed by atoms with Crippen LogP contribution in [0.5, 0.6) is 0 Å². The molecule has 2 rings (SSSR count). The van der Waals surface area contributed by atoms with Crippen LogP contribution in [0.3, 0.4) is 0 Å². The van der Waals surface area contributed by atoms with E-state index in [0.717, 1.165) is 0 Å². The van der Waals surface area contributed by atoms with Gasteiger partial charge in [-0.15, -0.1) is 0 Å². The molecule has 0 radical (unpaired) electrons. The van der Waals surface area contributed by atoms with Crippen molar-refractivity contribution in [1.29, 1.82) is 0 Å². The first kappa shape index (κ1) is 18.4. The third-order valence-corrected chi connectivity index (χ3v) is 4.26. The molecule has 0 bridgehead atoms. The summed E-state index contributed by atoms with van der Waals surface area (Å²) >= 11 is 15.2. The lowest BCUT2D eigenvalue weighted by Crippen LogP contribution is -2.35. The van der Waals surface area contributed by atoms with Crippen LogP contribution in [-0.4, -0.2) is 24.6 Å². The highest BCUT2D eigenvalue weighted by atomic mass is 79.9. The Morgan fingerprint density at radius 1 is 1.08 bits per heavy atom. The van der Waals surface area contributed by atoms with Gasteiger partial charge in [0.1, 0.15) is 0 Å². The summed E-state index contributed by atoms with van der Waals surface area (Å²) < 4.78 is 0.647. The van der Waals surface area contributed by atoms with Crippen LogP contribution in [0.2, 0.25) is 10.0 Å². The Bertz CT molecular complexity index is 776. The molecule has 0 fully saturated rings. The Morgan fingerprint density at radius 3 is 2.42 bits per heavy atom. The van der Waals surface area contributed by atoms with Gasteiger partial charge >= 0.3 is 0 Å². The summed E-state index contributed by atoms with van der Waals surface area (Å²) in [5.41, 5.74) is 3.23. The Morgan fingerprint density at radius 2 is 1.75 bits per heavy atom. The zero-order valence-electron chi connectivity index (χ0n) is 12.2. The number of carbonyl (C=O) groups is 2. The van der Waals surface area contributed by atoms with Crippen LogP contribution in [0, 0.1) is 0 Å². The van der Waals surface area contributed by atoms with Crippen LogP contribution < -0.4 is 10.7 Å². The Balaban J connectivity index is 1.87. The van der Waals surface area contributed by atoms with Gasteiger partial charge in [-0.2, -0.15) is 5.10 Å². The van der Waals surface area contributed by atoms with Crippen LogP contribution in [-0.2, 0) is 4.79 Å². The number of hydrogen-bond donors (Lipinski definition) is 2. The van der Waals surface area contributed by atoms with Crippen LogP contribution in [0.1, 0.15) is 15.9 Å². The molecule has 24 heavy (non-hydrogen) atoms. The molecule has 0 aliphatic heterocycles. The van der Waals surface area contributed by atoms with E-state index in [1.165, 1.54) is 6.21 Å². The SMILES string of the molecule is O=C(CNC(=O)c1ccccc1Br)NN=Cc1c(Cl)cccc1Cl. The van der Waals surface area contributed by atoms with E-state index in [4.69, 9.17) is 23.2 Å². The van der Waals surface area contributed by atoms with Crippen molar-refractivity contribution in [3.8, 4) is 0 Å². The number of carbonyl (C=O) groups excluding carboxylic acids is 2. The molecule has 0 saturated heterocycles. The molecule has 2 amide bonds. The molecular weight excluding hydrogens is 417 g/mol. The average Bonchev–Trinajstić information content (AvgIpc) is 2.56. The summed E-state index contributed by atoms with van der Waals surface area (Å²) in [7, 11) is 0. The summed E-state index contributed by atoms with van der Waals surface area (Å²) in [4.78, 5) is 23.7. The Kier molecular flexibility index (Phi) is 6.78. The normalized spacial score (nSPS) is 10.6. The maximum atomic E-state index is 12.0. The van der Waals surface area contributed by atoms with Gasteiger partial charge in [0.2, 0.25) is 0 Å². The molecule has 0 aromatic heterocycles. The third kappa shape index (κ3) is 5.06. The molecule has 2 aromatic carbocycles. The molecule has 0 saturated carbocycles. The molecule has 5 nitrogen and oxygen atoms in total. The minimum atomic E-state index is -0.477. The zero-order chi connectivity index (χ0) is 17.5. The Labute approximate surface area is 157 Å². The number of amides is 2. The standard InChI is InChI=1S/C16H12BrCl2N3O2/c17-12-5-2-1-4-10(12)16(24)20-9-15(23)22-21-8-11-13(18)6-3-7-14(11)19/h1-8H,9H2,(H,20,24)(H,22,23). The molecule has 0 spiro atoms. The molecule has 0 atom stereocenters. The van der Waals surface area contributed by atoms with Crippen molar-refractivity contribution in [2.45, 2.75) is 0 Å². The highest BCUT2D eigenvalue weighted by molar-refractivity contribution is 9.10. The summed E-state index contributed by atoms with van der Waals surface area (Å²) in [5.74, 6) is -0.842. The third-order valence-electron chi connectivity index (χ3n) is 2.91. The van der Waals surface area contributed by atoms with E-state index in [0.29, 0.717) is 25.6 Å². The van der Waals surface area contributed by atoms with E-state index < -0.39 is 5.91 Å². The minimum absolute atomic E-state index is 0.215. The fourth-order valence-corrected chi connectivity index (χ4v) is 2.70. The second-order valence-electron chi connectivity index (χ2n) is 4.59. The molecule has 124 valence electrons. The molecule has 0 unspecified atom stereocenters. The van der Waals surface area contributed by atoms with Crippen molar-refractivity contribution in [2.24, 2.45) is 5.10 Å². The summed E-state index contributed by atoms with van der Waals surface area (Å²) in [6.07, 6.45) is 1.35. The molecule has 2 aromatic rings. The lowest BCUT2D eigenvalue weighted by atomic mass is 10.2. The number of halogens is 3. The Hall–Kier alpha value is -1.89. The van der Waals surface area contributed by atoms with Crippen molar-refractivity contribution in [2.75, 3.05) is 6.54 Å². The van der Waals surface area contributed by atoms with Gasteiger partial charge in [-0.05, 0) is 40.2 Å². The van der Waals surface area contributed by atoms with E-state index >= 15 is 0 Å². The van der Waals surface area contributed by atoms with E-state index in [1.807, 2.05) is 0 Å². The summed E-state index contributed by atoms with van der Waals surface area (Å²) in [6, 6.07) is 11.9. The van der Waals surface area contributed by atoms with Gasteiger partial charge in [0.25, 0.3) is 11.8 Å².